The van der Waals surface area contributed by atoms with Crippen LogP contribution in [0.15, 0.2) is 30.5 Å². The lowest BCUT2D eigenvalue weighted by Crippen LogP contribution is -2.40. The molecule has 5 heteroatoms. The molecule has 0 spiro atoms. The quantitative estimate of drug-likeness (QED) is 0.813. The van der Waals surface area contributed by atoms with Gasteiger partial charge in [-0.3, -0.25) is 9.69 Å². The minimum absolute atomic E-state index is 0.106. The summed E-state index contributed by atoms with van der Waals surface area (Å²) >= 11 is 0. The van der Waals surface area contributed by atoms with E-state index in [4.69, 9.17) is 0 Å². The van der Waals surface area contributed by atoms with E-state index in [2.05, 4.69) is 34.0 Å². The van der Waals surface area contributed by atoms with Crippen molar-refractivity contribution in [2.45, 2.75) is 25.8 Å². The SMILES string of the molecule is C=C(C)CN1CCC(Nc2ncccc2C(=O)NC)CC1. The van der Waals surface area contributed by atoms with Gasteiger partial charge in [-0.15, -0.1) is 0 Å². The number of amides is 1. The Morgan fingerprint density at radius 1 is 1.48 bits per heavy atom. The number of nitrogens with one attached hydrogen (secondary N) is 2. The van der Waals surface area contributed by atoms with Gasteiger partial charge >= 0.3 is 0 Å². The summed E-state index contributed by atoms with van der Waals surface area (Å²) in [6, 6.07) is 3.94. The van der Waals surface area contributed by atoms with E-state index in [1.54, 1.807) is 25.4 Å². The monoisotopic (exact) mass is 288 g/mol. The summed E-state index contributed by atoms with van der Waals surface area (Å²) < 4.78 is 0. The van der Waals surface area contributed by atoms with Crippen LogP contribution in [0.4, 0.5) is 5.82 Å². The molecule has 2 heterocycles. The van der Waals surface area contributed by atoms with Gasteiger partial charge in [0, 0.05) is 38.9 Å². The average molecular weight is 288 g/mol. The van der Waals surface area contributed by atoms with Gasteiger partial charge in [0.15, 0.2) is 0 Å². The van der Waals surface area contributed by atoms with Crippen LogP contribution in [0.2, 0.25) is 0 Å². The Balaban J connectivity index is 1.95. The maximum Gasteiger partial charge on any atom is 0.254 e. The molecule has 0 unspecified atom stereocenters. The number of hydrogen-bond donors (Lipinski definition) is 2. The van der Waals surface area contributed by atoms with E-state index in [-0.39, 0.29) is 5.91 Å². The summed E-state index contributed by atoms with van der Waals surface area (Å²) in [6.45, 7) is 9.10. The molecule has 0 aliphatic carbocycles. The van der Waals surface area contributed by atoms with Crippen molar-refractivity contribution >= 4 is 11.7 Å². The van der Waals surface area contributed by atoms with Crippen LogP contribution in [0.25, 0.3) is 0 Å². The summed E-state index contributed by atoms with van der Waals surface area (Å²) in [5.74, 6) is 0.570. The smallest absolute Gasteiger partial charge is 0.254 e. The maximum atomic E-state index is 11.8. The van der Waals surface area contributed by atoms with Gasteiger partial charge < -0.3 is 10.6 Å². The van der Waals surface area contributed by atoms with E-state index in [1.165, 1.54) is 5.57 Å². The number of pyridine rings is 1. The lowest BCUT2D eigenvalue weighted by molar-refractivity contribution is 0.0963. The first kappa shape index (κ1) is 15.5. The van der Waals surface area contributed by atoms with E-state index >= 15 is 0 Å². The van der Waals surface area contributed by atoms with Crippen molar-refractivity contribution in [3.63, 3.8) is 0 Å². The van der Waals surface area contributed by atoms with Crippen molar-refractivity contribution in [3.05, 3.63) is 36.0 Å². The highest BCUT2D eigenvalue weighted by Crippen LogP contribution is 2.18. The molecule has 0 bridgehead atoms. The summed E-state index contributed by atoms with van der Waals surface area (Å²) in [5, 5.41) is 6.07. The first-order chi connectivity index (χ1) is 10.1. The number of aromatic nitrogens is 1. The van der Waals surface area contributed by atoms with E-state index < -0.39 is 0 Å². The minimum atomic E-state index is -0.106. The normalized spacial score (nSPS) is 16.5. The van der Waals surface area contributed by atoms with Gasteiger partial charge in [-0.05, 0) is 31.9 Å². The number of rotatable bonds is 5. The molecule has 1 saturated heterocycles. The molecule has 5 nitrogen and oxygen atoms in total. The maximum absolute atomic E-state index is 11.8. The molecule has 0 radical (unpaired) electrons. The van der Waals surface area contributed by atoms with Gasteiger partial charge in [0.1, 0.15) is 5.82 Å². The van der Waals surface area contributed by atoms with Crippen molar-refractivity contribution in [2.24, 2.45) is 0 Å². The first-order valence-corrected chi connectivity index (χ1v) is 7.40. The van der Waals surface area contributed by atoms with Crippen LogP contribution in [0, 0.1) is 0 Å². The zero-order valence-corrected chi connectivity index (χ0v) is 12.9. The van der Waals surface area contributed by atoms with Crippen molar-refractivity contribution in [1.29, 1.82) is 0 Å². The van der Waals surface area contributed by atoms with Crippen molar-refractivity contribution < 1.29 is 4.79 Å². The topological polar surface area (TPSA) is 57.3 Å². The number of nitrogens with zero attached hydrogens (tertiary/aromatic N) is 2. The number of anilines is 1. The van der Waals surface area contributed by atoms with Gasteiger partial charge in [0.25, 0.3) is 5.91 Å². The molecule has 2 rings (SSSR count). The predicted octanol–water partition coefficient (Wildman–Crippen LogP) is 1.89. The Morgan fingerprint density at radius 3 is 2.81 bits per heavy atom. The third kappa shape index (κ3) is 4.29. The van der Waals surface area contributed by atoms with Crippen LogP contribution in [0.1, 0.15) is 30.1 Å². The highest BCUT2D eigenvalue weighted by atomic mass is 16.1. The van der Waals surface area contributed by atoms with Crippen LogP contribution in [0.5, 0.6) is 0 Å². The Hall–Kier alpha value is -1.88. The third-order valence-electron chi connectivity index (χ3n) is 3.70. The standard InChI is InChI=1S/C16H24N4O/c1-12(2)11-20-9-6-13(7-10-20)19-15-14(16(21)17-3)5-4-8-18-15/h4-5,8,13H,1,6-7,9-11H2,2-3H3,(H,17,21)(H,18,19). The minimum Gasteiger partial charge on any atom is -0.367 e. The van der Waals surface area contributed by atoms with E-state index in [0.29, 0.717) is 17.4 Å². The Kier molecular flexibility index (Phi) is 5.33. The molecular formula is C16H24N4O. The molecule has 0 aromatic carbocycles. The van der Waals surface area contributed by atoms with Crippen LogP contribution >= 0.6 is 0 Å². The molecule has 114 valence electrons. The number of likely N-dealkylation sites (tertiary alicyclic amines) is 1. The number of carbonyl (C=O) groups excluding carboxylic acids is 1. The summed E-state index contributed by atoms with van der Waals surface area (Å²) in [4.78, 5) is 18.6. The van der Waals surface area contributed by atoms with Crippen LogP contribution in [0.3, 0.4) is 0 Å². The second-order valence-corrected chi connectivity index (χ2v) is 5.63. The van der Waals surface area contributed by atoms with E-state index in [1.807, 2.05) is 0 Å². The molecule has 0 atom stereocenters. The summed E-state index contributed by atoms with van der Waals surface area (Å²) in [6.07, 6.45) is 3.82. The fourth-order valence-corrected chi connectivity index (χ4v) is 2.65. The van der Waals surface area contributed by atoms with Gasteiger partial charge in [-0.25, -0.2) is 4.98 Å². The third-order valence-corrected chi connectivity index (χ3v) is 3.70. The Labute approximate surface area is 126 Å². The Morgan fingerprint density at radius 2 is 2.19 bits per heavy atom. The van der Waals surface area contributed by atoms with Gasteiger partial charge in [-0.1, -0.05) is 12.2 Å². The predicted molar refractivity (Wildman–Crippen MR) is 85.5 cm³/mol. The molecule has 1 aromatic rings. The number of piperidine rings is 1. The number of carbonyl (C=O) groups is 1. The van der Waals surface area contributed by atoms with Gasteiger partial charge in [-0.2, -0.15) is 0 Å². The van der Waals surface area contributed by atoms with Crippen molar-refractivity contribution in [1.82, 2.24) is 15.2 Å². The lowest BCUT2D eigenvalue weighted by atomic mass is 10.0. The van der Waals surface area contributed by atoms with E-state index in [0.717, 1.165) is 32.5 Å². The van der Waals surface area contributed by atoms with Crippen LogP contribution in [-0.2, 0) is 0 Å². The summed E-state index contributed by atoms with van der Waals surface area (Å²) in [5.41, 5.74) is 1.80. The second kappa shape index (κ2) is 7.22. The molecule has 21 heavy (non-hydrogen) atoms. The molecule has 1 fully saturated rings. The zero-order valence-electron chi connectivity index (χ0n) is 12.9. The second-order valence-electron chi connectivity index (χ2n) is 5.63. The van der Waals surface area contributed by atoms with Gasteiger partial charge in [0.2, 0.25) is 0 Å². The lowest BCUT2D eigenvalue weighted by Gasteiger charge is -2.32. The van der Waals surface area contributed by atoms with Crippen LogP contribution < -0.4 is 10.6 Å². The molecule has 1 amide bonds. The molecule has 2 N–H and O–H groups in total. The van der Waals surface area contributed by atoms with Crippen molar-refractivity contribution in [2.75, 3.05) is 32.0 Å². The Bertz CT molecular complexity index is 507. The first-order valence-electron chi connectivity index (χ1n) is 7.40. The van der Waals surface area contributed by atoms with Crippen molar-refractivity contribution in [3.8, 4) is 0 Å². The molecular weight excluding hydrogens is 264 g/mol. The fourth-order valence-electron chi connectivity index (χ4n) is 2.65. The average Bonchev–Trinajstić information content (AvgIpc) is 2.48. The fraction of sp³-hybridized carbons (Fsp3) is 0.500. The number of hydrogen-bond acceptors (Lipinski definition) is 4. The summed E-state index contributed by atoms with van der Waals surface area (Å²) in [7, 11) is 1.63. The molecule has 1 aromatic heterocycles. The highest BCUT2D eigenvalue weighted by Gasteiger charge is 2.21. The zero-order chi connectivity index (χ0) is 15.2. The van der Waals surface area contributed by atoms with E-state index in [9.17, 15) is 4.79 Å². The molecule has 1 aliphatic heterocycles. The molecule has 0 saturated carbocycles. The highest BCUT2D eigenvalue weighted by molar-refractivity contribution is 5.98. The molecule has 1 aliphatic rings. The van der Waals surface area contributed by atoms with Gasteiger partial charge in [0.05, 0.1) is 5.56 Å². The largest absolute Gasteiger partial charge is 0.367 e. The van der Waals surface area contributed by atoms with Crippen LogP contribution in [-0.4, -0.2) is 48.5 Å².